The molecule has 1 atom stereocenters. The molecule has 0 aliphatic carbocycles. The molecule has 0 aromatic heterocycles. The number of nitrogens with zero attached hydrogens (tertiary/aromatic N) is 1. The molecule has 0 radical (unpaired) electrons. The van der Waals surface area contributed by atoms with Crippen LogP contribution in [0.3, 0.4) is 0 Å². The molecular formula is C9H17Br2NNiO. The van der Waals surface area contributed by atoms with E-state index in [4.69, 9.17) is 4.74 Å². The van der Waals surface area contributed by atoms with Crippen LogP contribution < -0.4 is 0 Å². The molecule has 0 N–H and O–H groups in total. The summed E-state index contributed by atoms with van der Waals surface area (Å²) >= 11 is 6.00. The normalized spacial score (nSPS) is 23.2. The van der Waals surface area contributed by atoms with Crippen molar-refractivity contribution in [1.82, 2.24) is 0 Å². The molecule has 5 heteroatoms. The Morgan fingerprint density at radius 2 is 2.00 bits per heavy atom. The van der Waals surface area contributed by atoms with Crippen molar-refractivity contribution in [3.05, 3.63) is 0 Å². The molecular weight excluding hydrogens is 357 g/mol. The Labute approximate surface area is 107 Å². The second-order valence-corrected chi connectivity index (χ2v) is 9.15. The summed E-state index contributed by atoms with van der Waals surface area (Å²) in [5.41, 5.74) is -0.0791. The maximum absolute atomic E-state index is 5.36. The Hall–Kier alpha value is 0.924. The number of hydrogen-bond acceptors (Lipinski definition) is 2. The van der Waals surface area contributed by atoms with E-state index in [1.807, 2.05) is 0 Å². The summed E-state index contributed by atoms with van der Waals surface area (Å²) in [7, 11) is 1.25. The Kier molecular flexibility index (Phi) is 7.72. The van der Waals surface area contributed by atoms with Gasteiger partial charge in [-0.05, 0) is 26.2 Å². The molecule has 0 unspecified atom stereocenters. The molecule has 0 aromatic carbocycles. The molecule has 0 saturated carbocycles. The van der Waals surface area contributed by atoms with Crippen molar-refractivity contribution in [1.29, 1.82) is 0 Å². The minimum atomic E-state index is -0.0791. The summed E-state index contributed by atoms with van der Waals surface area (Å²) in [6.45, 7) is 8.61. The van der Waals surface area contributed by atoms with Crippen LogP contribution in [0.4, 0.5) is 0 Å². The van der Waals surface area contributed by atoms with Crippen molar-refractivity contribution in [3.63, 3.8) is 0 Å². The quantitative estimate of drug-likeness (QED) is 0.672. The third kappa shape index (κ3) is 5.72. The van der Waals surface area contributed by atoms with Crippen molar-refractivity contribution in [2.75, 3.05) is 0 Å². The van der Waals surface area contributed by atoms with Crippen LogP contribution in [0, 0.1) is 5.92 Å². The number of aliphatic imine (C=N–C) groups is 1. The van der Waals surface area contributed by atoms with E-state index in [9.17, 15) is 0 Å². The van der Waals surface area contributed by atoms with Crippen molar-refractivity contribution in [2.45, 2.75) is 45.8 Å². The van der Waals surface area contributed by atoms with Gasteiger partial charge in [0.15, 0.2) is 6.40 Å². The Morgan fingerprint density at radius 3 is 2.29 bits per heavy atom. The molecule has 1 heterocycles. The Bertz CT molecular complexity index is 186. The van der Waals surface area contributed by atoms with Gasteiger partial charge in [-0.2, -0.15) is 0 Å². The van der Waals surface area contributed by atoms with Crippen LogP contribution in [0.5, 0.6) is 0 Å². The van der Waals surface area contributed by atoms with Gasteiger partial charge in [0.25, 0.3) is 0 Å². The van der Waals surface area contributed by atoms with E-state index in [1.165, 1.54) is 10.9 Å². The zero-order valence-corrected chi connectivity index (χ0v) is 13.0. The number of ether oxygens (including phenoxy) is 1. The fraction of sp³-hybridized carbons (Fsp3) is 0.889. The van der Waals surface area contributed by atoms with Gasteiger partial charge in [0.05, 0.1) is 6.04 Å². The summed E-state index contributed by atoms with van der Waals surface area (Å²) in [5, 5.41) is 0. The second-order valence-electron chi connectivity index (χ2n) is 4.17. The first-order chi connectivity index (χ1) is 6.44. The van der Waals surface area contributed by atoms with Crippen LogP contribution >= 0.6 is 28.5 Å². The molecule has 14 heavy (non-hydrogen) atoms. The molecule has 0 aromatic rings. The van der Waals surface area contributed by atoms with E-state index in [-0.39, 0.29) is 5.60 Å². The predicted molar refractivity (Wildman–Crippen MR) is 64.8 cm³/mol. The van der Waals surface area contributed by atoms with E-state index >= 15 is 0 Å². The molecule has 0 spiro atoms. The van der Waals surface area contributed by atoms with Gasteiger partial charge >= 0.3 is 39.3 Å². The summed E-state index contributed by atoms with van der Waals surface area (Å²) in [6, 6.07) is 0.350. The maximum atomic E-state index is 5.36. The van der Waals surface area contributed by atoms with Gasteiger partial charge in [0, 0.05) is 0 Å². The minimum absolute atomic E-state index is 0.0791. The van der Waals surface area contributed by atoms with Gasteiger partial charge < -0.3 is 4.74 Å². The van der Waals surface area contributed by atoms with Gasteiger partial charge in [-0.3, -0.25) is 4.99 Å². The molecule has 1 aliphatic rings. The third-order valence-electron chi connectivity index (χ3n) is 2.09. The van der Waals surface area contributed by atoms with Crippen molar-refractivity contribution >= 4 is 34.9 Å². The fourth-order valence-corrected chi connectivity index (χ4v) is 1.29. The van der Waals surface area contributed by atoms with Crippen molar-refractivity contribution in [3.8, 4) is 0 Å². The molecule has 0 fully saturated rings. The summed E-state index contributed by atoms with van der Waals surface area (Å²) < 4.78 is 5.36. The van der Waals surface area contributed by atoms with Gasteiger partial charge in [0.2, 0.25) is 0 Å². The average Bonchev–Trinajstić information content (AvgIpc) is 2.31. The van der Waals surface area contributed by atoms with Crippen LogP contribution in [-0.2, 0) is 15.6 Å². The first-order valence-electron chi connectivity index (χ1n) is 4.46. The standard InChI is InChI=1S/C9H17NO.2BrH.Ni/c1-7(2)5-8-9(3,4)11-6-10-8;;;/h6-8H,5H2,1-4H3;2*1H;/q;;;+2/p-2/t8-;;;/m1.../s1. The van der Waals surface area contributed by atoms with E-state index in [1.54, 1.807) is 6.40 Å². The van der Waals surface area contributed by atoms with Crippen LogP contribution in [0.1, 0.15) is 34.1 Å². The Balaban J connectivity index is 0.000000500. The first-order valence-corrected chi connectivity index (χ1v) is 9.34. The fourth-order valence-electron chi connectivity index (χ4n) is 1.29. The summed E-state index contributed by atoms with van der Waals surface area (Å²) in [5.74, 6) is 0.693. The third-order valence-corrected chi connectivity index (χ3v) is 2.09. The van der Waals surface area contributed by atoms with Gasteiger partial charge in [-0.15, -0.1) is 0 Å². The van der Waals surface area contributed by atoms with Gasteiger partial charge in [-0.1, -0.05) is 13.8 Å². The molecule has 0 amide bonds. The van der Waals surface area contributed by atoms with E-state index < -0.39 is 0 Å². The molecule has 0 saturated heterocycles. The first kappa shape index (κ1) is 14.9. The monoisotopic (exact) mass is 371 g/mol. The average molecular weight is 374 g/mol. The number of rotatable bonds is 2. The zero-order valence-electron chi connectivity index (χ0n) is 8.87. The second kappa shape index (κ2) is 7.24. The molecule has 88 valence electrons. The van der Waals surface area contributed by atoms with Crippen molar-refractivity contribution < 1.29 is 15.6 Å². The van der Waals surface area contributed by atoms with Crippen LogP contribution in [-0.4, -0.2) is 18.0 Å². The Morgan fingerprint density at radius 1 is 1.50 bits per heavy atom. The van der Waals surface area contributed by atoms with Crippen molar-refractivity contribution in [2.24, 2.45) is 10.9 Å². The van der Waals surface area contributed by atoms with Crippen LogP contribution in [0.2, 0.25) is 0 Å². The summed E-state index contributed by atoms with van der Waals surface area (Å²) in [6.07, 6.45) is 2.70. The summed E-state index contributed by atoms with van der Waals surface area (Å²) in [4.78, 5) is 4.28. The van der Waals surface area contributed by atoms with Crippen LogP contribution in [0.25, 0.3) is 0 Å². The van der Waals surface area contributed by atoms with Gasteiger partial charge in [0.1, 0.15) is 5.60 Å². The van der Waals surface area contributed by atoms with Crippen LogP contribution in [0.15, 0.2) is 4.99 Å². The number of hydrogen-bond donors (Lipinski definition) is 0. The SMILES string of the molecule is CC(C)C[C@H]1N=COC1(C)C.[Br][Ni][Br]. The van der Waals surface area contributed by atoms with E-state index in [2.05, 4.69) is 61.1 Å². The van der Waals surface area contributed by atoms with Gasteiger partial charge in [-0.25, -0.2) is 0 Å². The predicted octanol–water partition coefficient (Wildman–Crippen LogP) is 3.93. The molecule has 2 nitrogen and oxygen atoms in total. The van der Waals surface area contributed by atoms with E-state index in [0.29, 0.717) is 12.0 Å². The zero-order chi connectivity index (χ0) is 11.2. The van der Waals surface area contributed by atoms with E-state index in [0.717, 1.165) is 6.42 Å². The topological polar surface area (TPSA) is 21.6 Å². The molecule has 1 aliphatic heterocycles. The number of halogens is 2. The molecule has 1 rings (SSSR count). The molecule has 0 bridgehead atoms.